The van der Waals surface area contributed by atoms with Gasteiger partial charge in [0.2, 0.25) is 0 Å². The van der Waals surface area contributed by atoms with Gasteiger partial charge in [0.1, 0.15) is 5.75 Å². The molecule has 0 amide bonds. The predicted molar refractivity (Wildman–Crippen MR) is 69.7 cm³/mol. The zero-order valence-corrected chi connectivity index (χ0v) is 11.8. The van der Waals surface area contributed by atoms with Gasteiger partial charge in [0, 0.05) is 11.6 Å². The first kappa shape index (κ1) is 14.2. The molecule has 0 bridgehead atoms. The molecule has 0 spiro atoms. The minimum atomic E-state index is -0.0103. The Balaban J connectivity index is 3.25. The summed E-state index contributed by atoms with van der Waals surface area (Å²) in [7, 11) is 4.88. The molecule has 0 aliphatic carbocycles. The first-order chi connectivity index (χ1) is 8.13. The highest BCUT2D eigenvalue weighted by atomic mass is 79.9. The average molecular weight is 302 g/mol. The molecular formula is C12H16BrNO3. The standard InChI is InChI=1S/C12H16BrNO3/c1-14-6-10(15)12-8(7-16-2)4-9(13)5-11(12)17-3/h4-5,14H,6-7H2,1-3H3. The number of ketones is 1. The number of methoxy groups -OCH3 is 2. The van der Waals surface area contributed by atoms with E-state index in [0.29, 0.717) is 17.9 Å². The van der Waals surface area contributed by atoms with Crippen LogP contribution >= 0.6 is 15.9 Å². The zero-order chi connectivity index (χ0) is 12.8. The number of halogens is 1. The molecule has 17 heavy (non-hydrogen) atoms. The van der Waals surface area contributed by atoms with Crippen LogP contribution in [0.25, 0.3) is 0 Å². The molecule has 0 atom stereocenters. The quantitative estimate of drug-likeness (QED) is 0.817. The van der Waals surface area contributed by atoms with Gasteiger partial charge in [0.15, 0.2) is 5.78 Å². The highest BCUT2D eigenvalue weighted by Gasteiger charge is 2.17. The molecule has 5 heteroatoms. The van der Waals surface area contributed by atoms with Crippen LogP contribution in [0, 0.1) is 0 Å². The molecule has 0 radical (unpaired) electrons. The summed E-state index contributed by atoms with van der Waals surface area (Å²) >= 11 is 3.38. The Hall–Kier alpha value is -0.910. The van der Waals surface area contributed by atoms with E-state index in [4.69, 9.17) is 9.47 Å². The number of rotatable bonds is 6. The molecule has 1 N–H and O–H groups in total. The van der Waals surface area contributed by atoms with Gasteiger partial charge in [-0.3, -0.25) is 4.79 Å². The van der Waals surface area contributed by atoms with Gasteiger partial charge in [-0.1, -0.05) is 15.9 Å². The molecule has 0 unspecified atom stereocenters. The van der Waals surface area contributed by atoms with Crippen molar-refractivity contribution in [2.24, 2.45) is 0 Å². The lowest BCUT2D eigenvalue weighted by Crippen LogP contribution is -2.20. The molecule has 0 aliphatic rings. The van der Waals surface area contributed by atoms with Crippen molar-refractivity contribution in [3.05, 3.63) is 27.7 Å². The van der Waals surface area contributed by atoms with E-state index >= 15 is 0 Å². The van der Waals surface area contributed by atoms with Crippen molar-refractivity contribution >= 4 is 21.7 Å². The molecule has 0 saturated carbocycles. The van der Waals surface area contributed by atoms with E-state index in [1.165, 1.54) is 0 Å². The highest BCUT2D eigenvalue weighted by molar-refractivity contribution is 9.10. The van der Waals surface area contributed by atoms with Crippen molar-refractivity contribution in [1.29, 1.82) is 0 Å². The zero-order valence-electron chi connectivity index (χ0n) is 10.2. The van der Waals surface area contributed by atoms with Crippen LogP contribution in [0.4, 0.5) is 0 Å². The first-order valence-electron chi connectivity index (χ1n) is 5.17. The molecule has 94 valence electrons. The van der Waals surface area contributed by atoms with Crippen LogP contribution in [0.3, 0.4) is 0 Å². The predicted octanol–water partition coefficient (Wildman–Crippen LogP) is 2.01. The van der Waals surface area contributed by atoms with Crippen molar-refractivity contribution in [2.75, 3.05) is 27.8 Å². The van der Waals surface area contributed by atoms with Gasteiger partial charge in [-0.25, -0.2) is 0 Å². The van der Waals surface area contributed by atoms with Gasteiger partial charge < -0.3 is 14.8 Å². The van der Waals surface area contributed by atoms with E-state index in [9.17, 15) is 4.79 Å². The average Bonchev–Trinajstić information content (AvgIpc) is 2.28. The van der Waals surface area contributed by atoms with Crippen molar-refractivity contribution in [3.8, 4) is 5.75 Å². The second-order valence-electron chi connectivity index (χ2n) is 3.53. The summed E-state index contributed by atoms with van der Waals surface area (Å²) in [6.07, 6.45) is 0. The number of carbonyl (C=O) groups is 1. The highest BCUT2D eigenvalue weighted by Crippen LogP contribution is 2.28. The van der Waals surface area contributed by atoms with E-state index in [0.717, 1.165) is 10.0 Å². The summed E-state index contributed by atoms with van der Waals surface area (Å²) in [4.78, 5) is 12.0. The van der Waals surface area contributed by atoms with Crippen molar-refractivity contribution in [3.63, 3.8) is 0 Å². The molecule has 0 aromatic heterocycles. The maximum absolute atomic E-state index is 12.0. The van der Waals surface area contributed by atoms with Gasteiger partial charge in [-0.15, -0.1) is 0 Å². The molecule has 0 heterocycles. The van der Waals surface area contributed by atoms with E-state index < -0.39 is 0 Å². The monoisotopic (exact) mass is 301 g/mol. The van der Waals surface area contributed by atoms with Crippen LogP contribution in [0.1, 0.15) is 15.9 Å². The minimum Gasteiger partial charge on any atom is -0.496 e. The smallest absolute Gasteiger partial charge is 0.180 e. The number of likely N-dealkylation sites (N-methyl/N-ethyl adjacent to an activating group) is 1. The number of hydrogen-bond donors (Lipinski definition) is 1. The van der Waals surface area contributed by atoms with Crippen LogP contribution in [0.15, 0.2) is 16.6 Å². The Bertz CT molecular complexity index is 407. The summed E-state index contributed by atoms with van der Waals surface area (Å²) in [5.41, 5.74) is 1.39. The molecule has 1 aromatic rings. The lowest BCUT2D eigenvalue weighted by atomic mass is 10.0. The van der Waals surface area contributed by atoms with E-state index in [-0.39, 0.29) is 12.3 Å². The topological polar surface area (TPSA) is 47.6 Å². The van der Waals surface area contributed by atoms with E-state index in [2.05, 4.69) is 21.2 Å². The number of hydrogen-bond acceptors (Lipinski definition) is 4. The summed E-state index contributed by atoms with van der Waals surface area (Å²) in [5.74, 6) is 0.551. The van der Waals surface area contributed by atoms with Gasteiger partial charge in [-0.05, 0) is 24.7 Å². The summed E-state index contributed by atoms with van der Waals surface area (Å²) in [6.45, 7) is 0.648. The number of ether oxygens (including phenoxy) is 2. The number of Topliss-reactive ketones (excluding diaryl/α,β-unsaturated/α-hetero) is 1. The third-order valence-corrected chi connectivity index (χ3v) is 2.74. The Morgan fingerprint density at radius 1 is 1.41 bits per heavy atom. The number of benzene rings is 1. The van der Waals surface area contributed by atoms with Crippen LogP contribution in [0.2, 0.25) is 0 Å². The third kappa shape index (κ3) is 3.52. The SMILES string of the molecule is CNCC(=O)c1c(COC)cc(Br)cc1OC. The second kappa shape index (κ2) is 6.74. The fraction of sp³-hybridized carbons (Fsp3) is 0.417. The number of carbonyl (C=O) groups excluding carboxylic acids is 1. The van der Waals surface area contributed by atoms with Gasteiger partial charge >= 0.3 is 0 Å². The molecule has 0 saturated heterocycles. The van der Waals surface area contributed by atoms with Crippen molar-refractivity contribution < 1.29 is 14.3 Å². The summed E-state index contributed by atoms with van der Waals surface area (Å²) in [5, 5.41) is 2.84. The van der Waals surface area contributed by atoms with Gasteiger partial charge in [0.25, 0.3) is 0 Å². The normalized spacial score (nSPS) is 10.4. The molecule has 0 aliphatic heterocycles. The Morgan fingerprint density at radius 3 is 2.65 bits per heavy atom. The summed E-state index contributed by atoms with van der Waals surface area (Å²) < 4.78 is 11.2. The van der Waals surface area contributed by atoms with Gasteiger partial charge in [-0.2, -0.15) is 0 Å². The second-order valence-corrected chi connectivity index (χ2v) is 4.44. The van der Waals surface area contributed by atoms with Crippen LogP contribution in [-0.4, -0.2) is 33.6 Å². The molecule has 1 aromatic carbocycles. The molecule has 1 rings (SSSR count). The minimum absolute atomic E-state index is 0.0103. The van der Waals surface area contributed by atoms with E-state index in [1.807, 2.05) is 6.07 Å². The lowest BCUT2D eigenvalue weighted by molar-refractivity contribution is 0.0985. The lowest BCUT2D eigenvalue weighted by Gasteiger charge is -2.13. The third-order valence-electron chi connectivity index (χ3n) is 2.28. The maximum atomic E-state index is 12.0. The first-order valence-corrected chi connectivity index (χ1v) is 5.96. The van der Waals surface area contributed by atoms with Gasteiger partial charge in [0.05, 0.1) is 25.8 Å². The Labute approximate surface area is 109 Å². The molecule has 0 fully saturated rings. The van der Waals surface area contributed by atoms with Crippen molar-refractivity contribution in [1.82, 2.24) is 5.32 Å². The number of nitrogens with one attached hydrogen (secondary N) is 1. The fourth-order valence-corrected chi connectivity index (χ4v) is 2.12. The van der Waals surface area contributed by atoms with Crippen LogP contribution in [-0.2, 0) is 11.3 Å². The largest absolute Gasteiger partial charge is 0.496 e. The fourth-order valence-electron chi connectivity index (χ4n) is 1.63. The Morgan fingerprint density at radius 2 is 2.12 bits per heavy atom. The van der Waals surface area contributed by atoms with Crippen molar-refractivity contribution in [2.45, 2.75) is 6.61 Å². The Kier molecular flexibility index (Phi) is 5.61. The summed E-state index contributed by atoms with van der Waals surface area (Å²) in [6, 6.07) is 3.65. The van der Waals surface area contributed by atoms with Crippen LogP contribution < -0.4 is 10.1 Å². The van der Waals surface area contributed by atoms with E-state index in [1.54, 1.807) is 27.3 Å². The molecular weight excluding hydrogens is 286 g/mol. The maximum Gasteiger partial charge on any atom is 0.180 e. The molecule has 4 nitrogen and oxygen atoms in total. The van der Waals surface area contributed by atoms with Crippen LogP contribution in [0.5, 0.6) is 5.75 Å².